The van der Waals surface area contributed by atoms with Crippen LogP contribution in [0.15, 0.2) is 12.1 Å². The van der Waals surface area contributed by atoms with Crippen LogP contribution in [0.4, 0.5) is 0 Å². The zero-order valence-corrected chi connectivity index (χ0v) is 11.8. The van der Waals surface area contributed by atoms with E-state index in [1.54, 1.807) is 6.07 Å². The van der Waals surface area contributed by atoms with Gasteiger partial charge in [-0.25, -0.2) is 0 Å². The van der Waals surface area contributed by atoms with E-state index in [9.17, 15) is 4.79 Å². The number of fused-ring (bicyclic) bond motifs is 1. The van der Waals surface area contributed by atoms with E-state index >= 15 is 0 Å². The zero-order chi connectivity index (χ0) is 14.5. The van der Waals surface area contributed by atoms with Crippen LogP contribution in [-0.2, 0) is 4.74 Å². The van der Waals surface area contributed by atoms with Gasteiger partial charge in [0.25, 0.3) is 5.91 Å². The molecule has 0 saturated carbocycles. The Morgan fingerprint density at radius 3 is 2.95 bits per heavy atom. The Labute approximate surface area is 121 Å². The van der Waals surface area contributed by atoms with Crippen molar-refractivity contribution in [2.24, 2.45) is 0 Å². The van der Waals surface area contributed by atoms with Gasteiger partial charge in [0.05, 0.1) is 24.3 Å². The number of aliphatic hydroxyl groups is 1. The van der Waals surface area contributed by atoms with Gasteiger partial charge in [0, 0.05) is 12.7 Å². The monoisotopic (exact) mass is 301 g/mol. The van der Waals surface area contributed by atoms with E-state index in [1.807, 2.05) is 0 Å². The maximum Gasteiger partial charge on any atom is 0.251 e. The Morgan fingerprint density at radius 2 is 2.25 bits per heavy atom. The molecule has 0 bridgehead atoms. The molecule has 0 aliphatic carbocycles. The van der Waals surface area contributed by atoms with Gasteiger partial charge < -0.3 is 24.6 Å². The first-order chi connectivity index (χ1) is 9.65. The second kappa shape index (κ2) is 6.78. The van der Waals surface area contributed by atoms with Crippen molar-refractivity contribution in [2.45, 2.75) is 6.04 Å². The molecule has 7 heteroatoms. The average molecular weight is 302 g/mol. The van der Waals surface area contributed by atoms with Crippen LogP contribution in [0, 0.1) is 0 Å². The van der Waals surface area contributed by atoms with Crippen LogP contribution in [0.25, 0.3) is 0 Å². The molecule has 1 heterocycles. The number of ether oxygens (including phenoxy) is 3. The molecule has 110 valence electrons. The van der Waals surface area contributed by atoms with Crippen molar-refractivity contribution in [3.8, 4) is 11.5 Å². The minimum atomic E-state index is -0.473. The van der Waals surface area contributed by atoms with E-state index in [4.69, 9.17) is 30.9 Å². The second-order valence-corrected chi connectivity index (χ2v) is 4.70. The molecule has 1 aliphatic rings. The van der Waals surface area contributed by atoms with E-state index in [1.165, 1.54) is 13.2 Å². The molecule has 0 radical (unpaired) electrons. The predicted octanol–water partition coefficient (Wildman–Crippen LogP) is 0.848. The van der Waals surface area contributed by atoms with Crippen LogP contribution in [0.3, 0.4) is 0 Å². The molecule has 2 N–H and O–H groups in total. The second-order valence-electron chi connectivity index (χ2n) is 4.29. The molecule has 6 nitrogen and oxygen atoms in total. The highest BCUT2D eigenvalue weighted by Gasteiger charge is 2.20. The van der Waals surface area contributed by atoms with Crippen LogP contribution >= 0.6 is 11.6 Å². The molecule has 1 aromatic carbocycles. The summed E-state index contributed by atoms with van der Waals surface area (Å²) in [6, 6.07) is 2.60. The third-order valence-electron chi connectivity index (χ3n) is 2.78. The van der Waals surface area contributed by atoms with Crippen molar-refractivity contribution in [1.82, 2.24) is 5.32 Å². The summed E-state index contributed by atoms with van der Waals surface area (Å²) in [5.74, 6) is 0.534. The number of carbonyl (C=O) groups excluding carboxylic acids is 1. The molecular weight excluding hydrogens is 286 g/mol. The van der Waals surface area contributed by atoms with Crippen LogP contribution < -0.4 is 14.8 Å². The number of carbonyl (C=O) groups is 1. The van der Waals surface area contributed by atoms with Crippen LogP contribution in [0.1, 0.15) is 10.4 Å². The Bertz CT molecular complexity index is 494. The van der Waals surface area contributed by atoms with Gasteiger partial charge in [0.15, 0.2) is 11.5 Å². The van der Waals surface area contributed by atoms with E-state index in [-0.39, 0.29) is 19.1 Å². The Kier molecular flexibility index (Phi) is 5.05. The largest absolute Gasteiger partial charge is 0.486 e. The smallest absolute Gasteiger partial charge is 0.251 e. The van der Waals surface area contributed by atoms with Gasteiger partial charge >= 0.3 is 0 Å². The number of hydrogen-bond acceptors (Lipinski definition) is 5. The lowest BCUT2D eigenvalue weighted by molar-refractivity contribution is 0.0838. The first-order valence-electron chi connectivity index (χ1n) is 6.15. The van der Waals surface area contributed by atoms with Crippen LogP contribution in [-0.4, -0.2) is 50.6 Å². The Hall–Kier alpha value is -1.50. The number of benzene rings is 1. The van der Waals surface area contributed by atoms with Crippen molar-refractivity contribution in [3.63, 3.8) is 0 Å². The highest BCUT2D eigenvalue weighted by Crippen LogP contribution is 2.38. The Balaban J connectivity index is 2.16. The minimum Gasteiger partial charge on any atom is -0.486 e. The number of halogens is 1. The summed E-state index contributed by atoms with van der Waals surface area (Å²) < 4.78 is 15.7. The number of methoxy groups -OCH3 is 1. The van der Waals surface area contributed by atoms with Crippen LogP contribution in [0.2, 0.25) is 5.02 Å². The van der Waals surface area contributed by atoms with Gasteiger partial charge in [-0.2, -0.15) is 0 Å². The molecule has 1 unspecified atom stereocenters. The molecule has 0 fully saturated rings. The lowest BCUT2D eigenvalue weighted by atomic mass is 10.1. The van der Waals surface area contributed by atoms with Crippen molar-refractivity contribution in [3.05, 3.63) is 22.7 Å². The highest BCUT2D eigenvalue weighted by atomic mass is 35.5. The van der Waals surface area contributed by atoms with Crippen molar-refractivity contribution >= 4 is 17.5 Å². The summed E-state index contributed by atoms with van der Waals surface area (Å²) in [6.07, 6.45) is 0. The summed E-state index contributed by atoms with van der Waals surface area (Å²) in [4.78, 5) is 12.1. The summed E-state index contributed by atoms with van der Waals surface area (Å²) in [6.45, 7) is 0.856. The lowest BCUT2D eigenvalue weighted by Crippen LogP contribution is -2.40. The fourth-order valence-electron chi connectivity index (χ4n) is 1.85. The molecule has 1 atom stereocenters. The number of aliphatic hydroxyl groups excluding tert-OH is 1. The molecule has 1 amide bonds. The standard InChI is InChI=1S/C13H16ClNO5/c1-18-7-9(6-16)15-13(17)8-4-10(14)12-11(5-8)19-2-3-20-12/h4-5,9,16H,2-3,6-7H2,1H3,(H,15,17). The average Bonchev–Trinajstić information content (AvgIpc) is 2.46. The predicted molar refractivity (Wildman–Crippen MR) is 72.7 cm³/mol. The maximum absolute atomic E-state index is 12.1. The number of rotatable bonds is 5. The van der Waals surface area contributed by atoms with Gasteiger partial charge in [-0.05, 0) is 12.1 Å². The fourth-order valence-corrected chi connectivity index (χ4v) is 2.12. The molecular formula is C13H16ClNO5. The van der Waals surface area contributed by atoms with Gasteiger partial charge in [-0.3, -0.25) is 4.79 Å². The number of amides is 1. The quantitative estimate of drug-likeness (QED) is 0.843. The maximum atomic E-state index is 12.1. The molecule has 0 spiro atoms. The zero-order valence-electron chi connectivity index (χ0n) is 11.0. The number of hydrogen-bond donors (Lipinski definition) is 2. The van der Waals surface area contributed by atoms with Crippen molar-refractivity contribution in [2.75, 3.05) is 33.5 Å². The number of nitrogens with one attached hydrogen (secondary N) is 1. The van der Waals surface area contributed by atoms with Gasteiger partial charge in [-0.15, -0.1) is 0 Å². The molecule has 1 aliphatic heterocycles. The summed E-state index contributed by atoms with van der Waals surface area (Å²) >= 11 is 6.06. The van der Waals surface area contributed by atoms with Gasteiger partial charge in [-0.1, -0.05) is 11.6 Å². The first-order valence-corrected chi connectivity index (χ1v) is 6.53. The molecule has 0 aromatic heterocycles. The first kappa shape index (κ1) is 14.9. The Morgan fingerprint density at radius 1 is 1.50 bits per heavy atom. The normalized spacial score (nSPS) is 14.8. The minimum absolute atomic E-state index is 0.210. The highest BCUT2D eigenvalue weighted by molar-refractivity contribution is 6.32. The van der Waals surface area contributed by atoms with E-state index < -0.39 is 6.04 Å². The third kappa shape index (κ3) is 3.33. The summed E-state index contributed by atoms with van der Waals surface area (Å²) in [5.41, 5.74) is 0.341. The molecule has 1 aromatic rings. The molecule has 2 rings (SSSR count). The third-order valence-corrected chi connectivity index (χ3v) is 3.06. The molecule has 20 heavy (non-hydrogen) atoms. The van der Waals surface area contributed by atoms with Crippen molar-refractivity contribution in [1.29, 1.82) is 0 Å². The lowest BCUT2D eigenvalue weighted by Gasteiger charge is -2.21. The topological polar surface area (TPSA) is 77.0 Å². The SMILES string of the molecule is COCC(CO)NC(=O)c1cc(Cl)c2c(c1)OCCO2. The van der Waals surface area contributed by atoms with Gasteiger partial charge in [0.2, 0.25) is 0 Å². The van der Waals surface area contributed by atoms with Crippen molar-refractivity contribution < 1.29 is 24.1 Å². The van der Waals surface area contributed by atoms with Gasteiger partial charge in [0.1, 0.15) is 13.2 Å². The summed E-state index contributed by atoms with van der Waals surface area (Å²) in [5, 5.41) is 12.1. The molecule has 0 saturated heterocycles. The van der Waals surface area contributed by atoms with Crippen LogP contribution in [0.5, 0.6) is 11.5 Å². The van der Waals surface area contributed by atoms with E-state index in [0.29, 0.717) is 35.3 Å². The van der Waals surface area contributed by atoms with E-state index in [2.05, 4.69) is 5.32 Å². The van der Waals surface area contributed by atoms with E-state index in [0.717, 1.165) is 0 Å². The fraction of sp³-hybridized carbons (Fsp3) is 0.462. The summed E-state index contributed by atoms with van der Waals surface area (Å²) in [7, 11) is 1.50.